The molecule has 6 nitrogen and oxygen atoms in total. The fourth-order valence-corrected chi connectivity index (χ4v) is 3.59. The normalized spacial score (nSPS) is 19.0. The summed E-state index contributed by atoms with van der Waals surface area (Å²) in [6, 6.07) is 8.14. The molecule has 1 aromatic carbocycles. The molecule has 25 heavy (non-hydrogen) atoms. The lowest BCUT2D eigenvalue weighted by atomic mass is 10.1. The number of piperidine rings is 1. The van der Waals surface area contributed by atoms with Gasteiger partial charge in [0.25, 0.3) is 0 Å². The third-order valence-electron chi connectivity index (χ3n) is 5.07. The molecule has 6 heteroatoms. The van der Waals surface area contributed by atoms with Crippen LogP contribution in [0, 0.1) is 0 Å². The van der Waals surface area contributed by atoms with Gasteiger partial charge < -0.3 is 24.5 Å². The summed E-state index contributed by atoms with van der Waals surface area (Å²) in [4.78, 5) is 17.2. The second-order valence-electron chi connectivity index (χ2n) is 6.86. The van der Waals surface area contributed by atoms with Crippen LogP contribution >= 0.6 is 0 Å². The van der Waals surface area contributed by atoms with Crippen LogP contribution in [-0.4, -0.2) is 73.4 Å². The number of rotatable bonds is 6. The topological polar surface area (TPSA) is 56.3 Å². The van der Waals surface area contributed by atoms with Gasteiger partial charge in [0, 0.05) is 44.5 Å². The number of amides is 1. The molecule has 2 saturated heterocycles. The lowest BCUT2D eigenvalue weighted by Gasteiger charge is -2.34. The number of likely N-dealkylation sites (tertiary alicyclic amines) is 1. The molecule has 0 aliphatic carbocycles. The number of carboxylic acid groups (broad SMARTS) is 1. The SMILES string of the molecule is O=C(O)N1CCN(c2cccc(OCCCN3CCCCC3)c2)CC1. The zero-order valence-corrected chi connectivity index (χ0v) is 14.9. The molecule has 0 saturated carbocycles. The number of carbonyl (C=O) groups is 1. The quantitative estimate of drug-likeness (QED) is 0.802. The zero-order valence-electron chi connectivity index (χ0n) is 14.9. The standard InChI is InChI=1S/C19H29N3O3/c23-19(24)22-13-11-21(12-14-22)17-6-4-7-18(16-17)25-15-5-10-20-8-2-1-3-9-20/h4,6-7,16H,1-3,5,8-15H2,(H,23,24). The maximum absolute atomic E-state index is 11.0. The Labute approximate surface area is 150 Å². The molecule has 0 unspecified atom stereocenters. The number of anilines is 1. The molecule has 1 amide bonds. The van der Waals surface area contributed by atoms with Crippen LogP contribution in [0.5, 0.6) is 5.75 Å². The molecule has 1 aromatic rings. The third-order valence-corrected chi connectivity index (χ3v) is 5.07. The molecule has 0 aromatic heterocycles. The van der Waals surface area contributed by atoms with Gasteiger partial charge in [-0.25, -0.2) is 4.79 Å². The van der Waals surface area contributed by atoms with E-state index >= 15 is 0 Å². The number of ether oxygens (including phenoxy) is 1. The largest absolute Gasteiger partial charge is 0.493 e. The highest BCUT2D eigenvalue weighted by atomic mass is 16.5. The highest BCUT2D eigenvalue weighted by Crippen LogP contribution is 2.22. The van der Waals surface area contributed by atoms with Gasteiger partial charge in [0.15, 0.2) is 0 Å². The minimum atomic E-state index is -0.828. The summed E-state index contributed by atoms with van der Waals surface area (Å²) < 4.78 is 5.93. The summed E-state index contributed by atoms with van der Waals surface area (Å²) >= 11 is 0. The number of piperazine rings is 1. The van der Waals surface area contributed by atoms with E-state index in [-0.39, 0.29) is 0 Å². The summed E-state index contributed by atoms with van der Waals surface area (Å²) in [6.07, 6.45) is 4.27. The first-order chi connectivity index (χ1) is 12.2. The molecule has 0 radical (unpaired) electrons. The summed E-state index contributed by atoms with van der Waals surface area (Å²) in [6.45, 7) is 6.89. The van der Waals surface area contributed by atoms with E-state index in [1.165, 1.54) is 37.3 Å². The van der Waals surface area contributed by atoms with Gasteiger partial charge in [-0.05, 0) is 44.5 Å². The van der Waals surface area contributed by atoms with E-state index in [1.54, 1.807) is 0 Å². The Morgan fingerprint density at radius 2 is 1.80 bits per heavy atom. The van der Waals surface area contributed by atoms with Crippen LogP contribution in [0.25, 0.3) is 0 Å². The van der Waals surface area contributed by atoms with E-state index in [4.69, 9.17) is 9.84 Å². The first-order valence-electron chi connectivity index (χ1n) is 9.40. The van der Waals surface area contributed by atoms with Crippen LogP contribution in [0.15, 0.2) is 24.3 Å². The van der Waals surface area contributed by atoms with Crippen LogP contribution in [0.2, 0.25) is 0 Å². The number of nitrogens with zero attached hydrogens (tertiary/aromatic N) is 3. The molecular weight excluding hydrogens is 318 g/mol. The van der Waals surface area contributed by atoms with Crippen molar-refractivity contribution in [1.82, 2.24) is 9.80 Å². The van der Waals surface area contributed by atoms with Gasteiger partial charge in [-0.3, -0.25) is 0 Å². The summed E-state index contributed by atoms with van der Waals surface area (Å²) in [5.74, 6) is 0.900. The number of hydrogen-bond acceptors (Lipinski definition) is 4. The van der Waals surface area contributed by atoms with Crippen molar-refractivity contribution in [3.8, 4) is 5.75 Å². The molecular formula is C19H29N3O3. The highest BCUT2D eigenvalue weighted by molar-refractivity contribution is 5.65. The Morgan fingerprint density at radius 1 is 1.04 bits per heavy atom. The van der Waals surface area contributed by atoms with E-state index in [2.05, 4.69) is 21.9 Å². The Kier molecular flexibility index (Phi) is 6.39. The van der Waals surface area contributed by atoms with Crippen molar-refractivity contribution >= 4 is 11.8 Å². The van der Waals surface area contributed by atoms with Gasteiger partial charge in [-0.2, -0.15) is 0 Å². The Hall–Kier alpha value is -1.95. The molecule has 2 aliphatic rings. The van der Waals surface area contributed by atoms with E-state index in [9.17, 15) is 4.79 Å². The second kappa shape index (κ2) is 8.94. The van der Waals surface area contributed by atoms with Crippen molar-refractivity contribution in [2.45, 2.75) is 25.7 Å². The molecule has 0 spiro atoms. The molecule has 3 rings (SSSR count). The van der Waals surface area contributed by atoms with Crippen molar-refractivity contribution in [2.75, 3.05) is 57.3 Å². The van der Waals surface area contributed by atoms with E-state index in [0.717, 1.165) is 44.1 Å². The third kappa shape index (κ3) is 5.26. The van der Waals surface area contributed by atoms with E-state index in [0.29, 0.717) is 13.1 Å². The van der Waals surface area contributed by atoms with E-state index in [1.807, 2.05) is 12.1 Å². The van der Waals surface area contributed by atoms with Crippen LogP contribution in [0.1, 0.15) is 25.7 Å². The van der Waals surface area contributed by atoms with Crippen molar-refractivity contribution in [3.05, 3.63) is 24.3 Å². The van der Waals surface area contributed by atoms with Gasteiger partial charge in [0.2, 0.25) is 0 Å². The zero-order chi connectivity index (χ0) is 17.5. The average molecular weight is 347 g/mol. The minimum Gasteiger partial charge on any atom is -0.493 e. The molecule has 2 fully saturated rings. The van der Waals surface area contributed by atoms with Crippen molar-refractivity contribution in [3.63, 3.8) is 0 Å². The molecule has 0 bridgehead atoms. The minimum absolute atomic E-state index is 0.552. The van der Waals surface area contributed by atoms with Gasteiger partial charge >= 0.3 is 6.09 Å². The van der Waals surface area contributed by atoms with Gasteiger partial charge in [0.1, 0.15) is 5.75 Å². The van der Waals surface area contributed by atoms with Crippen molar-refractivity contribution in [2.24, 2.45) is 0 Å². The van der Waals surface area contributed by atoms with Crippen LogP contribution in [0.3, 0.4) is 0 Å². The number of benzene rings is 1. The van der Waals surface area contributed by atoms with Gasteiger partial charge in [-0.15, -0.1) is 0 Å². The lowest BCUT2D eigenvalue weighted by Crippen LogP contribution is -2.48. The van der Waals surface area contributed by atoms with Gasteiger partial charge in [0.05, 0.1) is 6.61 Å². The fourth-order valence-electron chi connectivity index (χ4n) is 3.59. The average Bonchev–Trinajstić information content (AvgIpc) is 2.66. The lowest BCUT2D eigenvalue weighted by molar-refractivity contribution is 0.142. The first-order valence-corrected chi connectivity index (χ1v) is 9.40. The molecule has 2 aliphatic heterocycles. The van der Waals surface area contributed by atoms with Crippen molar-refractivity contribution in [1.29, 1.82) is 0 Å². The fraction of sp³-hybridized carbons (Fsp3) is 0.632. The van der Waals surface area contributed by atoms with E-state index < -0.39 is 6.09 Å². The Bertz CT molecular complexity index is 553. The van der Waals surface area contributed by atoms with Gasteiger partial charge in [-0.1, -0.05) is 12.5 Å². The Morgan fingerprint density at radius 3 is 2.52 bits per heavy atom. The predicted molar refractivity (Wildman–Crippen MR) is 98.7 cm³/mol. The Balaban J connectivity index is 1.43. The van der Waals surface area contributed by atoms with Crippen molar-refractivity contribution < 1.29 is 14.6 Å². The smallest absolute Gasteiger partial charge is 0.407 e. The second-order valence-corrected chi connectivity index (χ2v) is 6.86. The summed E-state index contributed by atoms with van der Waals surface area (Å²) in [5.41, 5.74) is 1.11. The number of hydrogen-bond donors (Lipinski definition) is 1. The van der Waals surface area contributed by atoms with Crippen LogP contribution in [0.4, 0.5) is 10.5 Å². The summed E-state index contributed by atoms with van der Waals surface area (Å²) in [5, 5.41) is 9.04. The van der Waals surface area contributed by atoms with Crippen LogP contribution < -0.4 is 9.64 Å². The monoisotopic (exact) mass is 347 g/mol. The molecule has 2 heterocycles. The molecule has 1 N–H and O–H groups in total. The maximum atomic E-state index is 11.0. The molecule has 0 atom stereocenters. The molecule has 138 valence electrons. The first kappa shape index (κ1) is 17.9. The predicted octanol–water partition coefficient (Wildman–Crippen LogP) is 2.74. The van der Waals surface area contributed by atoms with Crippen LogP contribution in [-0.2, 0) is 0 Å². The summed E-state index contributed by atoms with van der Waals surface area (Å²) in [7, 11) is 0. The highest BCUT2D eigenvalue weighted by Gasteiger charge is 2.20. The maximum Gasteiger partial charge on any atom is 0.407 e.